The third-order valence-electron chi connectivity index (χ3n) is 6.03. The zero-order chi connectivity index (χ0) is 19.7. The molecule has 2 aliphatic rings. The molecule has 1 saturated heterocycles. The minimum Gasteiger partial charge on any atom is -0.372 e. The van der Waals surface area contributed by atoms with Gasteiger partial charge in [-0.3, -0.25) is 9.98 Å². The number of fused-ring (bicyclic) bond motifs is 1. The predicted molar refractivity (Wildman–Crippen MR) is 120 cm³/mol. The van der Waals surface area contributed by atoms with E-state index < -0.39 is 0 Å². The van der Waals surface area contributed by atoms with Crippen LogP contribution in [0.25, 0.3) is 0 Å². The van der Waals surface area contributed by atoms with Crippen LogP contribution in [0.4, 0.5) is 5.69 Å². The van der Waals surface area contributed by atoms with Crippen molar-refractivity contribution in [3.05, 3.63) is 59.4 Å². The standard InChI is InChI=1S/C23H30N4S/c1-5-17-15-28-23-25-21(20-10-8-9-13-24-20)22(27(17)23)19-12-11-18(14-16(19)4)26(6-2)7-3/h8-14,17,21-22H,5-7,15H2,1-4H3/t17-,21-,22-/m1/s1. The highest BCUT2D eigenvalue weighted by molar-refractivity contribution is 8.14. The van der Waals surface area contributed by atoms with Gasteiger partial charge in [0.15, 0.2) is 5.17 Å². The molecule has 0 aliphatic carbocycles. The molecule has 0 unspecified atom stereocenters. The number of aliphatic imine (C=N–C) groups is 1. The molecule has 0 N–H and O–H groups in total. The lowest BCUT2D eigenvalue weighted by molar-refractivity contribution is 0.254. The molecule has 3 atom stereocenters. The summed E-state index contributed by atoms with van der Waals surface area (Å²) in [7, 11) is 0. The van der Waals surface area contributed by atoms with Gasteiger partial charge in [-0.15, -0.1) is 0 Å². The average molecular weight is 395 g/mol. The van der Waals surface area contributed by atoms with E-state index in [-0.39, 0.29) is 12.1 Å². The van der Waals surface area contributed by atoms with E-state index in [1.807, 2.05) is 24.0 Å². The first-order valence-electron chi connectivity index (χ1n) is 10.4. The van der Waals surface area contributed by atoms with Crippen LogP contribution in [0.15, 0.2) is 47.6 Å². The van der Waals surface area contributed by atoms with Gasteiger partial charge in [0.05, 0.1) is 11.7 Å². The molecule has 1 aromatic carbocycles. The molecule has 148 valence electrons. The van der Waals surface area contributed by atoms with E-state index in [9.17, 15) is 0 Å². The van der Waals surface area contributed by atoms with Gasteiger partial charge in [-0.1, -0.05) is 30.8 Å². The Balaban J connectivity index is 1.76. The van der Waals surface area contributed by atoms with Crippen LogP contribution >= 0.6 is 11.8 Å². The van der Waals surface area contributed by atoms with Crippen molar-refractivity contribution in [1.82, 2.24) is 9.88 Å². The average Bonchev–Trinajstić information content (AvgIpc) is 3.29. The molecule has 0 saturated carbocycles. The Kier molecular flexibility index (Phi) is 5.63. The second-order valence-corrected chi connectivity index (χ2v) is 8.54. The van der Waals surface area contributed by atoms with E-state index in [2.05, 4.69) is 72.8 Å². The zero-order valence-corrected chi connectivity index (χ0v) is 18.1. The summed E-state index contributed by atoms with van der Waals surface area (Å²) in [5, 5.41) is 1.19. The van der Waals surface area contributed by atoms with E-state index in [0.29, 0.717) is 6.04 Å². The zero-order valence-electron chi connectivity index (χ0n) is 17.3. The normalized spacial score (nSPS) is 23.6. The minimum absolute atomic E-state index is 0.0658. The summed E-state index contributed by atoms with van der Waals surface area (Å²) in [5.74, 6) is 1.14. The summed E-state index contributed by atoms with van der Waals surface area (Å²) in [4.78, 5) is 14.8. The summed E-state index contributed by atoms with van der Waals surface area (Å²) in [5.41, 5.74) is 5.10. The van der Waals surface area contributed by atoms with Gasteiger partial charge in [0.25, 0.3) is 0 Å². The fourth-order valence-electron chi connectivity index (χ4n) is 4.46. The Bertz CT molecular complexity index is 847. The van der Waals surface area contributed by atoms with Crippen molar-refractivity contribution in [2.24, 2.45) is 4.99 Å². The quantitative estimate of drug-likeness (QED) is 0.673. The fraction of sp³-hybridized carbons (Fsp3) is 0.478. The van der Waals surface area contributed by atoms with Gasteiger partial charge < -0.3 is 9.80 Å². The Morgan fingerprint density at radius 2 is 1.96 bits per heavy atom. The van der Waals surface area contributed by atoms with Gasteiger partial charge in [-0.05, 0) is 62.6 Å². The van der Waals surface area contributed by atoms with Gasteiger partial charge >= 0.3 is 0 Å². The second kappa shape index (κ2) is 8.16. The molecule has 0 radical (unpaired) electrons. The van der Waals surface area contributed by atoms with Crippen molar-refractivity contribution >= 4 is 22.6 Å². The van der Waals surface area contributed by atoms with Crippen LogP contribution in [0.5, 0.6) is 0 Å². The molecule has 2 aliphatic heterocycles. The summed E-state index contributed by atoms with van der Waals surface area (Å²) in [6, 6.07) is 14.0. The second-order valence-electron chi connectivity index (χ2n) is 7.55. The van der Waals surface area contributed by atoms with Crippen molar-refractivity contribution < 1.29 is 0 Å². The fourth-order valence-corrected chi connectivity index (χ4v) is 5.80. The third kappa shape index (κ3) is 3.30. The summed E-state index contributed by atoms with van der Waals surface area (Å²) in [6.45, 7) is 11.0. The minimum atomic E-state index is 0.0658. The highest BCUT2D eigenvalue weighted by atomic mass is 32.2. The first-order valence-corrected chi connectivity index (χ1v) is 11.4. The third-order valence-corrected chi connectivity index (χ3v) is 7.16. The first-order chi connectivity index (χ1) is 13.7. The molecule has 0 spiro atoms. The first kappa shape index (κ1) is 19.3. The highest BCUT2D eigenvalue weighted by Gasteiger charge is 2.45. The van der Waals surface area contributed by atoms with Gasteiger partial charge in [0.2, 0.25) is 0 Å². The number of rotatable bonds is 6. The highest BCUT2D eigenvalue weighted by Crippen LogP contribution is 2.49. The molecule has 5 heteroatoms. The summed E-state index contributed by atoms with van der Waals surface area (Å²) < 4.78 is 0. The van der Waals surface area contributed by atoms with E-state index in [4.69, 9.17) is 4.99 Å². The van der Waals surface area contributed by atoms with Crippen molar-refractivity contribution in [2.75, 3.05) is 23.7 Å². The Labute approximate surface area is 173 Å². The summed E-state index contributed by atoms with van der Waals surface area (Å²) >= 11 is 1.90. The number of amidine groups is 1. The van der Waals surface area contributed by atoms with Crippen LogP contribution in [0.3, 0.4) is 0 Å². The number of pyridine rings is 1. The van der Waals surface area contributed by atoms with Crippen molar-refractivity contribution in [3.63, 3.8) is 0 Å². The number of aromatic nitrogens is 1. The number of thioether (sulfide) groups is 1. The maximum absolute atomic E-state index is 5.14. The van der Waals surface area contributed by atoms with Gasteiger partial charge in [0.1, 0.15) is 6.04 Å². The maximum atomic E-state index is 5.14. The number of anilines is 1. The Morgan fingerprint density at radius 3 is 2.61 bits per heavy atom. The molecule has 2 aromatic rings. The van der Waals surface area contributed by atoms with E-state index in [1.54, 1.807) is 0 Å². The monoisotopic (exact) mass is 394 g/mol. The SMILES string of the molecule is CC[C@@H]1CSC2=N[C@H](c3ccccn3)[C@@H](c3ccc(N(CC)CC)cc3C)N21. The van der Waals surface area contributed by atoms with Crippen LogP contribution in [0.2, 0.25) is 0 Å². The largest absolute Gasteiger partial charge is 0.372 e. The summed E-state index contributed by atoms with van der Waals surface area (Å²) in [6.07, 6.45) is 3.03. The van der Waals surface area contributed by atoms with Crippen LogP contribution < -0.4 is 4.90 Å². The van der Waals surface area contributed by atoms with Crippen molar-refractivity contribution in [2.45, 2.75) is 52.2 Å². The molecule has 1 aromatic heterocycles. The number of aryl methyl sites for hydroxylation is 1. The number of nitrogens with zero attached hydrogens (tertiary/aromatic N) is 4. The van der Waals surface area contributed by atoms with Gasteiger partial charge in [0, 0.05) is 36.8 Å². The lowest BCUT2D eigenvalue weighted by Crippen LogP contribution is -2.35. The molecule has 0 amide bonds. The molecule has 1 fully saturated rings. The van der Waals surface area contributed by atoms with Crippen LogP contribution in [0.1, 0.15) is 56.1 Å². The molecular formula is C23H30N4S. The number of benzene rings is 1. The molecule has 4 nitrogen and oxygen atoms in total. The topological polar surface area (TPSA) is 31.7 Å². The molecular weight excluding hydrogens is 364 g/mol. The lowest BCUT2D eigenvalue weighted by Gasteiger charge is -2.33. The van der Waals surface area contributed by atoms with E-state index in [1.165, 1.54) is 22.0 Å². The molecule has 28 heavy (non-hydrogen) atoms. The van der Waals surface area contributed by atoms with E-state index >= 15 is 0 Å². The number of hydrogen-bond donors (Lipinski definition) is 0. The smallest absolute Gasteiger partial charge is 0.160 e. The molecule has 4 rings (SSSR count). The number of hydrogen-bond acceptors (Lipinski definition) is 5. The maximum Gasteiger partial charge on any atom is 0.160 e. The molecule has 0 bridgehead atoms. The van der Waals surface area contributed by atoms with Gasteiger partial charge in [-0.2, -0.15) is 0 Å². The van der Waals surface area contributed by atoms with Crippen LogP contribution in [-0.4, -0.2) is 39.9 Å². The van der Waals surface area contributed by atoms with Crippen molar-refractivity contribution in [1.29, 1.82) is 0 Å². The molecule has 3 heterocycles. The Morgan fingerprint density at radius 1 is 1.14 bits per heavy atom. The Hall–Kier alpha value is -2.01. The van der Waals surface area contributed by atoms with Crippen LogP contribution in [0, 0.1) is 6.92 Å². The lowest BCUT2D eigenvalue weighted by atomic mass is 9.91. The van der Waals surface area contributed by atoms with E-state index in [0.717, 1.165) is 31.0 Å². The predicted octanol–water partition coefficient (Wildman–Crippen LogP) is 5.22. The van der Waals surface area contributed by atoms with Crippen molar-refractivity contribution in [3.8, 4) is 0 Å². The van der Waals surface area contributed by atoms with Gasteiger partial charge in [-0.25, -0.2) is 0 Å². The van der Waals surface area contributed by atoms with Crippen LogP contribution in [-0.2, 0) is 0 Å².